The maximum Gasteiger partial charge on any atom is 0.161 e. The summed E-state index contributed by atoms with van der Waals surface area (Å²) in [6, 6.07) is 5.82. The fourth-order valence-electron chi connectivity index (χ4n) is 1.50. The molecule has 0 amide bonds. The third kappa shape index (κ3) is 3.79. The first kappa shape index (κ1) is 13.6. The number of ether oxygens (including phenoxy) is 3. The van der Waals surface area contributed by atoms with Gasteiger partial charge in [-0.25, -0.2) is 0 Å². The monoisotopic (exact) mass is 236 g/mol. The second-order valence-corrected chi connectivity index (χ2v) is 3.66. The number of methoxy groups -OCH3 is 2. The van der Waals surface area contributed by atoms with Crippen molar-refractivity contribution in [3.05, 3.63) is 35.9 Å². The fraction of sp³-hybridized carbons (Fsp3) is 0.429. The van der Waals surface area contributed by atoms with E-state index in [-0.39, 0.29) is 6.10 Å². The van der Waals surface area contributed by atoms with Crippen molar-refractivity contribution in [2.75, 3.05) is 20.8 Å². The van der Waals surface area contributed by atoms with E-state index in [0.29, 0.717) is 6.61 Å². The molecule has 0 aliphatic carbocycles. The molecule has 0 radical (unpaired) electrons. The number of rotatable bonds is 6. The highest BCUT2D eigenvalue weighted by atomic mass is 16.5. The zero-order chi connectivity index (χ0) is 12.7. The second kappa shape index (κ2) is 6.97. The molecule has 0 aliphatic rings. The highest BCUT2D eigenvalue weighted by Gasteiger charge is 2.09. The van der Waals surface area contributed by atoms with Crippen molar-refractivity contribution in [2.24, 2.45) is 0 Å². The van der Waals surface area contributed by atoms with Crippen LogP contribution in [0.2, 0.25) is 0 Å². The minimum absolute atomic E-state index is 0.0333. The highest BCUT2D eigenvalue weighted by molar-refractivity contribution is 5.43. The zero-order valence-electron chi connectivity index (χ0n) is 10.9. The van der Waals surface area contributed by atoms with Crippen molar-refractivity contribution in [1.82, 2.24) is 0 Å². The molecule has 1 aromatic rings. The first-order valence-electron chi connectivity index (χ1n) is 5.67. The zero-order valence-corrected chi connectivity index (χ0v) is 10.9. The van der Waals surface area contributed by atoms with Gasteiger partial charge in [-0.05, 0) is 31.5 Å². The smallest absolute Gasteiger partial charge is 0.161 e. The Bertz CT molecular complexity index is 372. The summed E-state index contributed by atoms with van der Waals surface area (Å²) in [6.07, 6.45) is 3.99. The summed E-state index contributed by atoms with van der Waals surface area (Å²) in [4.78, 5) is 0. The van der Waals surface area contributed by atoms with Crippen LogP contribution in [0.1, 0.15) is 25.5 Å². The summed E-state index contributed by atoms with van der Waals surface area (Å²) < 4.78 is 16.1. The lowest BCUT2D eigenvalue weighted by molar-refractivity contribution is 0.0883. The average Bonchev–Trinajstić information content (AvgIpc) is 2.38. The van der Waals surface area contributed by atoms with Crippen molar-refractivity contribution in [1.29, 1.82) is 0 Å². The lowest BCUT2D eigenvalue weighted by Crippen LogP contribution is -2.01. The molecule has 0 aliphatic heterocycles. The number of benzene rings is 1. The van der Waals surface area contributed by atoms with E-state index in [1.165, 1.54) is 0 Å². The lowest BCUT2D eigenvalue weighted by Gasteiger charge is -2.14. The van der Waals surface area contributed by atoms with Crippen molar-refractivity contribution < 1.29 is 14.2 Å². The third-order valence-electron chi connectivity index (χ3n) is 2.56. The summed E-state index contributed by atoms with van der Waals surface area (Å²) in [5.41, 5.74) is 1.08. The molecule has 0 spiro atoms. The van der Waals surface area contributed by atoms with Crippen molar-refractivity contribution in [2.45, 2.75) is 20.0 Å². The summed E-state index contributed by atoms with van der Waals surface area (Å²) >= 11 is 0. The van der Waals surface area contributed by atoms with Crippen LogP contribution < -0.4 is 9.47 Å². The van der Waals surface area contributed by atoms with Gasteiger partial charge in [-0.15, -0.1) is 0 Å². The van der Waals surface area contributed by atoms with E-state index in [2.05, 4.69) is 0 Å². The molecular formula is C14H20O3. The molecule has 1 aromatic carbocycles. The fourth-order valence-corrected chi connectivity index (χ4v) is 1.50. The van der Waals surface area contributed by atoms with Gasteiger partial charge in [-0.1, -0.05) is 18.2 Å². The van der Waals surface area contributed by atoms with Crippen LogP contribution in [0.25, 0.3) is 0 Å². The SMILES string of the molecule is CC=CCOC(C)c1ccc(OC)c(OC)c1. The van der Waals surface area contributed by atoms with Gasteiger partial charge >= 0.3 is 0 Å². The van der Waals surface area contributed by atoms with Crippen LogP contribution in [-0.2, 0) is 4.74 Å². The Hall–Kier alpha value is -1.48. The number of hydrogen-bond acceptors (Lipinski definition) is 3. The molecule has 0 fully saturated rings. The summed E-state index contributed by atoms with van der Waals surface area (Å²) in [7, 11) is 3.26. The molecule has 0 N–H and O–H groups in total. The van der Waals surface area contributed by atoms with Gasteiger partial charge in [0.15, 0.2) is 11.5 Å². The molecule has 0 heterocycles. The quantitative estimate of drug-likeness (QED) is 0.709. The van der Waals surface area contributed by atoms with E-state index in [9.17, 15) is 0 Å². The predicted octanol–water partition coefficient (Wildman–Crippen LogP) is 3.36. The minimum Gasteiger partial charge on any atom is -0.493 e. The van der Waals surface area contributed by atoms with E-state index in [0.717, 1.165) is 17.1 Å². The molecule has 1 rings (SSSR count). The molecule has 0 saturated heterocycles. The van der Waals surface area contributed by atoms with Crippen LogP contribution in [0.3, 0.4) is 0 Å². The molecule has 3 heteroatoms. The van der Waals surface area contributed by atoms with Gasteiger partial charge in [0.1, 0.15) is 0 Å². The standard InChI is InChI=1S/C14H20O3/c1-5-6-9-17-11(2)12-7-8-13(15-3)14(10-12)16-4/h5-8,10-11H,9H2,1-4H3. The molecule has 1 unspecified atom stereocenters. The topological polar surface area (TPSA) is 27.7 Å². The van der Waals surface area contributed by atoms with Gasteiger partial charge in [0.25, 0.3) is 0 Å². The third-order valence-corrected chi connectivity index (χ3v) is 2.56. The molecular weight excluding hydrogens is 216 g/mol. The normalized spacial score (nSPS) is 12.7. The van der Waals surface area contributed by atoms with Crippen LogP contribution in [-0.4, -0.2) is 20.8 Å². The predicted molar refractivity (Wildman–Crippen MR) is 68.7 cm³/mol. The van der Waals surface area contributed by atoms with Gasteiger partial charge in [0, 0.05) is 0 Å². The minimum atomic E-state index is 0.0333. The first-order valence-corrected chi connectivity index (χ1v) is 5.67. The second-order valence-electron chi connectivity index (χ2n) is 3.66. The largest absolute Gasteiger partial charge is 0.493 e. The molecule has 94 valence electrons. The van der Waals surface area contributed by atoms with Gasteiger partial charge in [-0.2, -0.15) is 0 Å². The Balaban J connectivity index is 2.76. The molecule has 3 nitrogen and oxygen atoms in total. The molecule has 0 saturated carbocycles. The lowest BCUT2D eigenvalue weighted by atomic mass is 10.1. The molecule has 0 bridgehead atoms. The van der Waals surface area contributed by atoms with Crippen molar-refractivity contribution in [3.8, 4) is 11.5 Å². The Morgan fingerprint density at radius 2 is 1.88 bits per heavy atom. The maximum absolute atomic E-state index is 5.66. The summed E-state index contributed by atoms with van der Waals surface area (Å²) in [5.74, 6) is 1.46. The van der Waals surface area contributed by atoms with Crippen LogP contribution in [0, 0.1) is 0 Å². The van der Waals surface area contributed by atoms with Gasteiger partial charge in [0.05, 0.1) is 26.9 Å². The Labute approximate surface area is 103 Å². The summed E-state index contributed by atoms with van der Waals surface area (Å²) in [6.45, 7) is 4.61. The number of hydrogen-bond donors (Lipinski definition) is 0. The van der Waals surface area contributed by atoms with Gasteiger partial charge in [0.2, 0.25) is 0 Å². The van der Waals surface area contributed by atoms with Crippen LogP contribution in [0.4, 0.5) is 0 Å². The summed E-state index contributed by atoms with van der Waals surface area (Å²) in [5, 5.41) is 0. The Morgan fingerprint density at radius 3 is 2.47 bits per heavy atom. The Kier molecular flexibility index (Phi) is 5.57. The van der Waals surface area contributed by atoms with E-state index in [1.54, 1.807) is 14.2 Å². The van der Waals surface area contributed by atoms with E-state index in [4.69, 9.17) is 14.2 Å². The van der Waals surface area contributed by atoms with Crippen molar-refractivity contribution in [3.63, 3.8) is 0 Å². The van der Waals surface area contributed by atoms with Gasteiger partial charge in [-0.3, -0.25) is 0 Å². The van der Waals surface area contributed by atoms with Crippen LogP contribution in [0.15, 0.2) is 30.4 Å². The van der Waals surface area contributed by atoms with E-state index in [1.807, 2.05) is 44.2 Å². The molecule has 0 aromatic heterocycles. The molecule has 1 atom stereocenters. The van der Waals surface area contributed by atoms with Gasteiger partial charge < -0.3 is 14.2 Å². The molecule has 17 heavy (non-hydrogen) atoms. The van der Waals surface area contributed by atoms with E-state index >= 15 is 0 Å². The first-order chi connectivity index (χ1) is 8.22. The van der Waals surface area contributed by atoms with Crippen LogP contribution in [0.5, 0.6) is 11.5 Å². The maximum atomic E-state index is 5.66. The highest BCUT2D eigenvalue weighted by Crippen LogP contribution is 2.30. The Morgan fingerprint density at radius 1 is 1.18 bits per heavy atom. The average molecular weight is 236 g/mol. The van der Waals surface area contributed by atoms with E-state index < -0.39 is 0 Å². The van der Waals surface area contributed by atoms with Crippen molar-refractivity contribution >= 4 is 0 Å². The number of allylic oxidation sites excluding steroid dienone is 1. The van der Waals surface area contributed by atoms with Crippen LogP contribution >= 0.6 is 0 Å².